The van der Waals surface area contributed by atoms with Crippen molar-refractivity contribution in [1.29, 1.82) is 5.41 Å². The van der Waals surface area contributed by atoms with E-state index in [4.69, 9.17) is 20.6 Å². The number of amides is 2. The van der Waals surface area contributed by atoms with E-state index in [0.29, 0.717) is 5.75 Å². The molecule has 0 aliphatic heterocycles. The van der Waals surface area contributed by atoms with Gasteiger partial charge in [0.2, 0.25) is 0 Å². The largest absolute Gasteiger partial charge is 0.491 e. The van der Waals surface area contributed by atoms with Gasteiger partial charge in [0.15, 0.2) is 11.5 Å². The van der Waals surface area contributed by atoms with Crippen molar-refractivity contribution in [2.45, 2.75) is 39.1 Å². The van der Waals surface area contributed by atoms with E-state index in [1.165, 1.54) is 30.3 Å². The van der Waals surface area contributed by atoms with Gasteiger partial charge in [0.1, 0.15) is 23.4 Å². The Hall–Kier alpha value is -5.34. The summed E-state index contributed by atoms with van der Waals surface area (Å²) in [6.45, 7) is 5.58. The number of alkyl halides is 3. The number of hydrazine groups is 1. The second-order valence-corrected chi connectivity index (χ2v) is 9.35. The number of carbonyl (C=O) groups is 3. The molecule has 234 valence electrons. The first kappa shape index (κ1) is 33.2. The highest BCUT2D eigenvalue weighted by atomic mass is 19.4. The van der Waals surface area contributed by atoms with Crippen LogP contribution in [0.1, 0.15) is 48.3 Å². The van der Waals surface area contributed by atoms with Crippen LogP contribution in [-0.2, 0) is 9.59 Å². The Bertz CT molecular complexity index is 1550. The number of anilines is 1. The molecule has 0 saturated carbocycles. The summed E-state index contributed by atoms with van der Waals surface area (Å²) in [7, 11) is 0. The third-order valence-electron chi connectivity index (χ3n) is 5.63. The normalized spacial score (nSPS) is 11.7. The fourth-order valence-electron chi connectivity index (χ4n) is 3.76. The molecule has 0 bridgehead atoms. The maximum Gasteiger partial charge on any atom is 0.491 e. The molecule has 1 atom stereocenters. The summed E-state index contributed by atoms with van der Waals surface area (Å²) < 4.78 is 68.2. The molecule has 0 aromatic heterocycles. The summed E-state index contributed by atoms with van der Waals surface area (Å²) in [5.74, 6) is -5.65. The van der Waals surface area contributed by atoms with Crippen LogP contribution in [0.15, 0.2) is 60.7 Å². The molecule has 0 aliphatic rings. The van der Waals surface area contributed by atoms with Crippen LogP contribution in [0.3, 0.4) is 0 Å². The molecule has 44 heavy (non-hydrogen) atoms. The van der Waals surface area contributed by atoms with Crippen molar-refractivity contribution in [3.8, 4) is 17.2 Å². The van der Waals surface area contributed by atoms with Crippen LogP contribution < -0.4 is 36.1 Å². The first-order valence-corrected chi connectivity index (χ1v) is 13.0. The fraction of sp³-hybridized carbons (Fsp3) is 0.241. The molecular formula is C29H29F4N5O6. The second kappa shape index (κ2) is 14.2. The van der Waals surface area contributed by atoms with Crippen LogP contribution in [-0.4, -0.2) is 42.5 Å². The lowest BCUT2D eigenvalue weighted by Gasteiger charge is -2.23. The number of benzene rings is 3. The number of hydrogen-bond donors (Lipinski definition) is 5. The van der Waals surface area contributed by atoms with Crippen molar-refractivity contribution in [3.05, 3.63) is 83.2 Å². The molecule has 3 aromatic rings. The van der Waals surface area contributed by atoms with Crippen LogP contribution in [0.25, 0.3) is 0 Å². The highest BCUT2D eigenvalue weighted by Crippen LogP contribution is 2.34. The Morgan fingerprint density at radius 1 is 0.955 bits per heavy atom. The zero-order chi connectivity index (χ0) is 32.6. The number of nitrogens with two attached hydrogens (primary N) is 1. The molecule has 3 aromatic carbocycles. The summed E-state index contributed by atoms with van der Waals surface area (Å²) >= 11 is 0. The van der Waals surface area contributed by atoms with Crippen LogP contribution in [0.5, 0.6) is 17.2 Å². The molecule has 0 fully saturated rings. The van der Waals surface area contributed by atoms with Gasteiger partial charge in [-0.15, -0.1) is 0 Å². The number of nitrogens with one attached hydrogen (secondary N) is 4. The quantitative estimate of drug-likeness (QED) is 0.0527. The average Bonchev–Trinajstić information content (AvgIpc) is 2.94. The summed E-state index contributed by atoms with van der Waals surface area (Å²) in [6, 6.07) is 11.3. The van der Waals surface area contributed by atoms with Crippen molar-refractivity contribution in [1.82, 2.24) is 10.9 Å². The maximum absolute atomic E-state index is 13.6. The maximum atomic E-state index is 13.6. The molecule has 2 amide bonds. The van der Waals surface area contributed by atoms with E-state index in [1.807, 2.05) is 0 Å². The van der Waals surface area contributed by atoms with E-state index in [0.717, 1.165) is 24.3 Å². The predicted molar refractivity (Wildman–Crippen MR) is 151 cm³/mol. The number of carbonyl (C=O) groups excluding carboxylic acids is 3. The highest BCUT2D eigenvalue weighted by molar-refractivity contribution is 5.99. The summed E-state index contributed by atoms with van der Waals surface area (Å²) in [4.78, 5) is 37.5. The number of esters is 1. The van der Waals surface area contributed by atoms with Crippen molar-refractivity contribution in [3.63, 3.8) is 0 Å². The van der Waals surface area contributed by atoms with Gasteiger partial charge in [-0.05, 0) is 68.8 Å². The molecule has 11 nitrogen and oxygen atoms in total. The highest BCUT2D eigenvalue weighted by Gasteiger charge is 2.42. The molecular weight excluding hydrogens is 590 g/mol. The SMILES string of the molecule is CCOc1cc(C(Nc2ccc(C(=N)N)c(OC(=O)C(F)(F)F)c2)C(=O)NNC(=O)c2cccc(F)c2)ccc1OC(C)C. The predicted octanol–water partition coefficient (Wildman–Crippen LogP) is 4.38. The van der Waals surface area contributed by atoms with Crippen molar-refractivity contribution >= 4 is 29.3 Å². The van der Waals surface area contributed by atoms with Crippen molar-refractivity contribution < 1.29 is 46.2 Å². The van der Waals surface area contributed by atoms with Gasteiger partial charge in [0, 0.05) is 17.3 Å². The Kier molecular flexibility index (Phi) is 10.7. The third-order valence-corrected chi connectivity index (χ3v) is 5.63. The van der Waals surface area contributed by atoms with Gasteiger partial charge in [-0.25, -0.2) is 9.18 Å². The molecule has 0 saturated heterocycles. The number of halogens is 4. The lowest BCUT2D eigenvalue weighted by Crippen LogP contribution is -2.45. The van der Waals surface area contributed by atoms with E-state index in [9.17, 15) is 31.9 Å². The Labute approximate surface area is 249 Å². The van der Waals surface area contributed by atoms with Gasteiger partial charge < -0.3 is 25.3 Å². The van der Waals surface area contributed by atoms with Gasteiger partial charge in [-0.1, -0.05) is 12.1 Å². The molecule has 0 heterocycles. The van der Waals surface area contributed by atoms with E-state index in [2.05, 4.69) is 20.9 Å². The van der Waals surface area contributed by atoms with E-state index in [-0.39, 0.29) is 40.8 Å². The van der Waals surface area contributed by atoms with Crippen LogP contribution in [0, 0.1) is 11.2 Å². The van der Waals surface area contributed by atoms with Crippen LogP contribution in [0.4, 0.5) is 23.2 Å². The molecule has 0 aliphatic carbocycles. The van der Waals surface area contributed by atoms with Crippen molar-refractivity contribution in [2.75, 3.05) is 11.9 Å². The van der Waals surface area contributed by atoms with Crippen LogP contribution >= 0.6 is 0 Å². The van der Waals surface area contributed by atoms with Gasteiger partial charge in [0.25, 0.3) is 11.8 Å². The Morgan fingerprint density at radius 3 is 2.30 bits per heavy atom. The minimum absolute atomic E-state index is 0.0305. The van der Waals surface area contributed by atoms with E-state index in [1.54, 1.807) is 26.8 Å². The molecule has 15 heteroatoms. The first-order valence-electron chi connectivity index (χ1n) is 13.0. The topological polar surface area (TPSA) is 165 Å². The molecule has 0 spiro atoms. The van der Waals surface area contributed by atoms with Crippen LogP contribution in [0.2, 0.25) is 0 Å². The average molecular weight is 620 g/mol. The standard InChI is InChI=1S/C29H29F4N5O6/c1-4-42-23-13-16(8-11-21(23)43-15(2)3)24(27(40)38-37-26(39)17-6-5-7-18(30)12-17)36-19-9-10-20(25(34)35)22(14-19)44-28(41)29(31,32)33/h5-15,24,36H,4H2,1-3H3,(H3,34,35)(H,37,39)(H,38,40). The zero-order valence-electron chi connectivity index (χ0n) is 23.7. The van der Waals surface area contributed by atoms with E-state index < -0.39 is 47.4 Å². The van der Waals surface area contributed by atoms with E-state index >= 15 is 0 Å². The molecule has 3 rings (SSSR count). The molecule has 0 radical (unpaired) electrons. The number of nitrogen functional groups attached to an aromatic ring is 1. The summed E-state index contributed by atoms with van der Waals surface area (Å²) in [5.41, 5.74) is 9.68. The summed E-state index contributed by atoms with van der Waals surface area (Å²) in [6.07, 6.45) is -5.55. The van der Waals surface area contributed by atoms with Gasteiger partial charge in [-0.3, -0.25) is 25.8 Å². The lowest BCUT2D eigenvalue weighted by molar-refractivity contribution is -0.189. The van der Waals surface area contributed by atoms with Crippen molar-refractivity contribution in [2.24, 2.45) is 5.73 Å². The van der Waals surface area contributed by atoms with Gasteiger partial charge in [-0.2, -0.15) is 13.2 Å². The fourth-order valence-corrected chi connectivity index (χ4v) is 3.76. The Balaban J connectivity index is 2.00. The lowest BCUT2D eigenvalue weighted by atomic mass is 10.0. The van der Waals surface area contributed by atoms with Gasteiger partial charge in [0.05, 0.1) is 18.3 Å². The first-order chi connectivity index (χ1) is 20.7. The monoisotopic (exact) mass is 619 g/mol. The second-order valence-electron chi connectivity index (χ2n) is 9.35. The number of ether oxygens (including phenoxy) is 3. The van der Waals surface area contributed by atoms with Gasteiger partial charge >= 0.3 is 12.1 Å². The smallest absolute Gasteiger partial charge is 0.490 e. The number of amidine groups is 1. The summed E-state index contributed by atoms with van der Waals surface area (Å²) in [5, 5.41) is 10.4. The number of rotatable bonds is 11. The molecule has 6 N–H and O–H groups in total. The Morgan fingerprint density at radius 2 is 1.68 bits per heavy atom. The third kappa shape index (κ3) is 8.83. The number of hydrogen-bond acceptors (Lipinski definition) is 8. The minimum atomic E-state index is -5.34. The minimum Gasteiger partial charge on any atom is -0.490 e. The zero-order valence-corrected chi connectivity index (χ0v) is 23.7. The molecule has 1 unspecified atom stereocenters.